The zero-order valence-corrected chi connectivity index (χ0v) is 21.3. The van der Waals surface area contributed by atoms with E-state index in [1.165, 1.54) is 30.6 Å². The van der Waals surface area contributed by atoms with Gasteiger partial charge in [0.15, 0.2) is 0 Å². The summed E-state index contributed by atoms with van der Waals surface area (Å²) in [6, 6.07) is 16.8. The van der Waals surface area contributed by atoms with Crippen LogP contribution in [-0.2, 0) is 7.05 Å². The number of amides is 1. The van der Waals surface area contributed by atoms with Gasteiger partial charge in [0.05, 0.1) is 11.0 Å². The van der Waals surface area contributed by atoms with E-state index in [9.17, 15) is 22.4 Å². The normalized spacial score (nSPS) is 11.4. The average Bonchev–Trinajstić information content (AvgIpc) is 3.22. The molecule has 0 aliphatic rings. The highest BCUT2D eigenvalue weighted by molar-refractivity contribution is 5.92. The van der Waals surface area contributed by atoms with Gasteiger partial charge >= 0.3 is 6.18 Å². The Bertz CT molecular complexity index is 1730. The first-order valence-electron chi connectivity index (χ1n) is 12.0. The first kappa shape index (κ1) is 26.6. The topological polar surface area (TPSA) is 94.0 Å². The van der Waals surface area contributed by atoms with Crippen molar-refractivity contribution >= 4 is 28.6 Å². The number of alkyl halides is 3. The standard InChI is InChI=1S/C28H22F4N6O2.2H2/c1-16-3-4-18(12-21(16)17-7-9-34-25(29)11-17)36-27-37-22-13-19(5-6-24(22)38(27)2)40-20-8-10-33-23(14-20)26(39)35-15-28(30,31)32;;/h3-14H,15H2,1-2H3,(H,35,39)(H,36,37);2*1H. The molecule has 1 amide bonds. The second-order valence-corrected chi connectivity index (χ2v) is 8.94. The number of carbonyl (C=O) groups excluding carboxylic acids is 1. The predicted molar refractivity (Wildman–Crippen MR) is 145 cm³/mol. The van der Waals surface area contributed by atoms with Gasteiger partial charge < -0.3 is 19.9 Å². The summed E-state index contributed by atoms with van der Waals surface area (Å²) < 4.78 is 58.6. The molecule has 0 bridgehead atoms. The molecule has 0 aliphatic carbocycles. The molecule has 0 fully saturated rings. The average molecular weight is 555 g/mol. The number of hydrogen-bond donors (Lipinski definition) is 2. The van der Waals surface area contributed by atoms with Gasteiger partial charge in [-0.25, -0.2) is 9.97 Å². The van der Waals surface area contributed by atoms with Crippen LogP contribution in [0.15, 0.2) is 73.1 Å². The zero-order valence-electron chi connectivity index (χ0n) is 21.3. The minimum absolute atomic E-state index is 0. The zero-order chi connectivity index (χ0) is 28.4. The monoisotopic (exact) mass is 554 g/mol. The van der Waals surface area contributed by atoms with Crippen LogP contribution in [0, 0.1) is 12.9 Å². The number of anilines is 2. The van der Waals surface area contributed by atoms with Crippen molar-refractivity contribution in [3.63, 3.8) is 0 Å². The Morgan fingerprint density at radius 3 is 2.55 bits per heavy atom. The minimum atomic E-state index is -4.53. The molecule has 208 valence electrons. The lowest BCUT2D eigenvalue weighted by molar-refractivity contribution is -0.123. The second kappa shape index (κ2) is 10.6. The molecule has 0 aliphatic heterocycles. The SMILES string of the molecule is Cc1ccc(Nc2nc3cc(Oc4ccnc(C(=O)NCC(F)(F)F)c4)ccc3n2C)cc1-c1ccnc(F)c1.[HH].[HH]. The number of nitrogens with zero attached hydrogens (tertiary/aromatic N) is 4. The highest BCUT2D eigenvalue weighted by Gasteiger charge is 2.28. The lowest BCUT2D eigenvalue weighted by Crippen LogP contribution is -2.34. The molecular formula is C28H26F4N6O2. The number of rotatable bonds is 7. The van der Waals surface area contributed by atoms with Crippen LogP contribution in [0.4, 0.5) is 29.2 Å². The number of imidazole rings is 1. The van der Waals surface area contributed by atoms with Crippen LogP contribution >= 0.6 is 0 Å². The number of aromatic nitrogens is 4. The molecule has 0 atom stereocenters. The summed E-state index contributed by atoms with van der Waals surface area (Å²) in [4.78, 5) is 24.1. The maximum absolute atomic E-state index is 13.7. The van der Waals surface area contributed by atoms with Crippen LogP contribution in [0.3, 0.4) is 0 Å². The Morgan fingerprint density at radius 1 is 1.00 bits per heavy atom. The maximum atomic E-state index is 13.7. The van der Waals surface area contributed by atoms with E-state index in [-0.39, 0.29) is 14.3 Å². The van der Waals surface area contributed by atoms with E-state index in [0.717, 1.165) is 22.3 Å². The smallest absolute Gasteiger partial charge is 0.405 e. The van der Waals surface area contributed by atoms with Gasteiger partial charge in [0.25, 0.3) is 5.91 Å². The van der Waals surface area contributed by atoms with Gasteiger partial charge in [-0.05, 0) is 60.0 Å². The van der Waals surface area contributed by atoms with Crippen molar-refractivity contribution in [2.45, 2.75) is 13.1 Å². The Balaban J connectivity index is 0.00000242. The minimum Gasteiger partial charge on any atom is -0.457 e. The number of ether oxygens (including phenoxy) is 1. The first-order valence-corrected chi connectivity index (χ1v) is 12.0. The Morgan fingerprint density at radius 2 is 1.77 bits per heavy atom. The van der Waals surface area contributed by atoms with Gasteiger partial charge in [-0.15, -0.1) is 0 Å². The Hall–Kier alpha value is -5.00. The molecule has 0 saturated heterocycles. The molecule has 40 heavy (non-hydrogen) atoms. The first-order chi connectivity index (χ1) is 19.1. The van der Waals surface area contributed by atoms with Gasteiger partial charge in [-0.3, -0.25) is 9.78 Å². The fourth-order valence-corrected chi connectivity index (χ4v) is 4.07. The fraction of sp³-hybridized carbons (Fsp3) is 0.143. The van der Waals surface area contributed by atoms with Crippen LogP contribution in [0.5, 0.6) is 11.5 Å². The number of benzene rings is 2. The van der Waals surface area contributed by atoms with Crippen molar-refractivity contribution in [1.29, 1.82) is 0 Å². The lowest BCUT2D eigenvalue weighted by atomic mass is 10.0. The van der Waals surface area contributed by atoms with Crippen molar-refractivity contribution in [3.8, 4) is 22.6 Å². The van der Waals surface area contributed by atoms with Gasteiger partial charge in [0.2, 0.25) is 11.9 Å². The maximum Gasteiger partial charge on any atom is 0.405 e. The van der Waals surface area contributed by atoms with Gasteiger partial charge in [-0.1, -0.05) is 6.07 Å². The van der Waals surface area contributed by atoms with Crippen molar-refractivity contribution in [2.24, 2.45) is 7.05 Å². The molecular weight excluding hydrogens is 528 g/mol. The van der Waals surface area contributed by atoms with E-state index in [0.29, 0.717) is 22.8 Å². The van der Waals surface area contributed by atoms with Crippen LogP contribution in [-0.4, -0.2) is 38.1 Å². The summed E-state index contributed by atoms with van der Waals surface area (Å²) in [7, 11) is 1.85. The molecule has 5 rings (SSSR count). The molecule has 0 spiro atoms. The number of hydrogen-bond acceptors (Lipinski definition) is 6. The van der Waals surface area contributed by atoms with E-state index < -0.39 is 24.6 Å². The quantitative estimate of drug-likeness (QED) is 0.170. The number of aryl methyl sites for hydroxylation is 2. The molecule has 2 N–H and O–H groups in total. The van der Waals surface area contributed by atoms with Crippen molar-refractivity contribution in [3.05, 3.63) is 90.3 Å². The highest BCUT2D eigenvalue weighted by atomic mass is 19.4. The van der Waals surface area contributed by atoms with Gasteiger partial charge in [-0.2, -0.15) is 17.6 Å². The molecule has 3 heterocycles. The third-order valence-electron chi connectivity index (χ3n) is 6.03. The van der Waals surface area contributed by atoms with Crippen LogP contribution in [0.25, 0.3) is 22.2 Å². The van der Waals surface area contributed by atoms with E-state index in [4.69, 9.17) is 4.74 Å². The molecule has 0 saturated carbocycles. The van der Waals surface area contributed by atoms with Crippen molar-refractivity contribution < 1.29 is 29.9 Å². The predicted octanol–water partition coefficient (Wildman–Crippen LogP) is 6.80. The third-order valence-corrected chi connectivity index (χ3v) is 6.03. The number of nitrogens with one attached hydrogen (secondary N) is 2. The van der Waals surface area contributed by atoms with Gasteiger partial charge in [0, 0.05) is 46.2 Å². The largest absolute Gasteiger partial charge is 0.457 e. The van der Waals surface area contributed by atoms with Crippen LogP contribution in [0.2, 0.25) is 0 Å². The van der Waals surface area contributed by atoms with E-state index in [1.807, 2.05) is 36.7 Å². The Labute approximate surface area is 228 Å². The van der Waals surface area contributed by atoms with E-state index in [2.05, 4.69) is 20.3 Å². The summed E-state index contributed by atoms with van der Waals surface area (Å²) in [5, 5.41) is 5.07. The molecule has 5 aromatic rings. The molecule has 2 aromatic carbocycles. The van der Waals surface area contributed by atoms with E-state index in [1.54, 1.807) is 29.6 Å². The number of carbonyl (C=O) groups is 1. The van der Waals surface area contributed by atoms with E-state index >= 15 is 0 Å². The fourth-order valence-electron chi connectivity index (χ4n) is 4.07. The summed E-state index contributed by atoms with van der Waals surface area (Å²) in [5.41, 5.74) is 4.49. The lowest BCUT2D eigenvalue weighted by Gasteiger charge is -2.11. The molecule has 12 heteroatoms. The molecule has 3 aromatic heterocycles. The summed E-state index contributed by atoms with van der Waals surface area (Å²) in [6.07, 6.45) is -1.84. The number of pyridine rings is 2. The van der Waals surface area contributed by atoms with Crippen LogP contribution in [0.1, 0.15) is 18.9 Å². The number of fused-ring (bicyclic) bond motifs is 1. The second-order valence-electron chi connectivity index (χ2n) is 8.94. The molecule has 0 unspecified atom stereocenters. The van der Waals surface area contributed by atoms with Crippen molar-refractivity contribution in [2.75, 3.05) is 11.9 Å². The highest BCUT2D eigenvalue weighted by Crippen LogP contribution is 2.31. The number of halogens is 4. The molecule has 0 radical (unpaired) electrons. The van der Waals surface area contributed by atoms with Crippen LogP contribution < -0.4 is 15.4 Å². The summed E-state index contributed by atoms with van der Waals surface area (Å²) in [6.45, 7) is 0.478. The van der Waals surface area contributed by atoms with Gasteiger partial charge in [0.1, 0.15) is 23.7 Å². The molecule has 8 nitrogen and oxygen atoms in total. The third kappa shape index (κ3) is 6.01. The Kier molecular flexibility index (Phi) is 7.07. The van der Waals surface area contributed by atoms with Crippen molar-refractivity contribution in [1.82, 2.24) is 24.8 Å². The summed E-state index contributed by atoms with van der Waals surface area (Å²) >= 11 is 0. The summed E-state index contributed by atoms with van der Waals surface area (Å²) in [5.74, 6) is -0.346.